The van der Waals surface area contributed by atoms with Gasteiger partial charge in [0.1, 0.15) is 11.5 Å². The zero-order valence-corrected chi connectivity index (χ0v) is 15.4. The molecule has 1 amide bonds. The standard InChI is InChI=1S/C18H17FN6OS/c1-23-16(5-6-20-23)11-25-17(26)12-27-18(25)22-15-8-21-24(10-15)9-13-3-2-4-14(19)7-13/h2-8,10H,9,11-12H2,1H3. The van der Waals surface area contributed by atoms with Gasteiger partial charge in [0.05, 0.1) is 36.9 Å². The summed E-state index contributed by atoms with van der Waals surface area (Å²) in [5.41, 5.74) is 2.40. The van der Waals surface area contributed by atoms with Crippen LogP contribution in [0.25, 0.3) is 0 Å². The number of hydrogen-bond acceptors (Lipinski definition) is 5. The molecule has 3 heterocycles. The summed E-state index contributed by atoms with van der Waals surface area (Å²) in [6.45, 7) is 0.881. The summed E-state index contributed by atoms with van der Waals surface area (Å²) in [5.74, 6) is 0.118. The number of hydrogen-bond donors (Lipinski definition) is 0. The molecular weight excluding hydrogens is 367 g/mol. The summed E-state index contributed by atoms with van der Waals surface area (Å²) in [6, 6.07) is 8.29. The third-order valence-corrected chi connectivity index (χ3v) is 5.14. The van der Waals surface area contributed by atoms with Crippen molar-refractivity contribution in [3.8, 4) is 0 Å². The van der Waals surface area contributed by atoms with Crippen LogP contribution in [0.3, 0.4) is 0 Å². The lowest BCUT2D eigenvalue weighted by atomic mass is 10.2. The van der Waals surface area contributed by atoms with E-state index in [1.54, 1.807) is 38.9 Å². The first kappa shape index (κ1) is 17.5. The van der Waals surface area contributed by atoms with Crippen LogP contribution in [0.1, 0.15) is 11.3 Å². The van der Waals surface area contributed by atoms with E-state index in [1.807, 2.05) is 19.2 Å². The average Bonchev–Trinajstić information content (AvgIpc) is 3.33. The summed E-state index contributed by atoms with van der Waals surface area (Å²) in [7, 11) is 1.84. The molecule has 2 aromatic heterocycles. The van der Waals surface area contributed by atoms with Gasteiger partial charge in [0, 0.05) is 13.2 Å². The Kier molecular flexibility index (Phi) is 4.76. The van der Waals surface area contributed by atoms with Crippen molar-refractivity contribution in [2.24, 2.45) is 12.0 Å². The molecule has 27 heavy (non-hydrogen) atoms. The van der Waals surface area contributed by atoms with E-state index in [0.29, 0.717) is 29.7 Å². The molecule has 1 aliphatic heterocycles. The van der Waals surface area contributed by atoms with Crippen molar-refractivity contribution < 1.29 is 9.18 Å². The molecule has 0 bridgehead atoms. The second-order valence-electron chi connectivity index (χ2n) is 6.14. The molecule has 0 aliphatic carbocycles. The summed E-state index contributed by atoms with van der Waals surface area (Å²) in [5, 5.41) is 9.06. The van der Waals surface area contributed by atoms with Gasteiger partial charge in [-0.1, -0.05) is 23.9 Å². The molecule has 1 aromatic carbocycles. The Labute approximate surface area is 159 Å². The Morgan fingerprint density at radius 2 is 2.15 bits per heavy atom. The third kappa shape index (κ3) is 3.92. The summed E-state index contributed by atoms with van der Waals surface area (Å²) in [4.78, 5) is 18.5. The molecule has 0 unspecified atom stereocenters. The van der Waals surface area contributed by atoms with Gasteiger partial charge in [0.2, 0.25) is 5.91 Å². The Hall–Kier alpha value is -2.94. The monoisotopic (exact) mass is 384 g/mol. The second kappa shape index (κ2) is 7.36. The number of aliphatic imine (C=N–C) groups is 1. The Bertz CT molecular complexity index is 1010. The fourth-order valence-electron chi connectivity index (χ4n) is 2.79. The molecule has 0 saturated carbocycles. The largest absolute Gasteiger partial charge is 0.284 e. The first-order valence-electron chi connectivity index (χ1n) is 8.34. The maximum Gasteiger partial charge on any atom is 0.239 e. The zero-order valence-electron chi connectivity index (χ0n) is 14.6. The molecule has 0 radical (unpaired) electrons. The Balaban J connectivity index is 1.51. The van der Waals surface area contributed by atoms with Crippen molar-refractivity contribution in [2.75, 3.05) is 5.75 Å². The Morgan fingerprint density at radius 1 is 1.26 bits per heavy atom. The highest BCUT2D eigenvalue weighted by atomic mass is 32.2. The van der Waals surface area contributed by atoms with Crippen molar-refractivity contribution in [1.29, 1.82) is 0 Å². The minimum atomic E-state index is -0.271. The van der Waals surface area contributed by atoms with Crippen LogP contribution in [0.4, 0.5) is 10.1 Å². The molecule has 1 fully saturated rings. The number of halogens is 1. The lowest BCUT2D eigenvalue weighted by Crippen LogP contribution is -2.29. The number of amides is 1. The van der Waals surface area contributed by atoms with Gasteiger partial charge in [-0.25, -0.2) is 9.38 Å². The second-order valence-corrected chi connectivity index (χ2v) is 7.08. The van der Waals surface area contributed by atoms with Crippen molar-refractivity contribution in [1.82, 2.24) is 24.5 Å². The number of carbonyl (C=O) groups excluding carboxylic acids is 1. The normalized spacial score (nSPS) is 15.9. The number of aryl methyl sites for hydroxylation is 1. The number of carbonyl (C=O) groups is 1. The van der Waals surface area contributed by atoms with Crippen LogP contribution in [0.2, 0.25) is 0 Å². The highest BCUT2D eigenvalue weighted by Crippen LogP contribution is 2.25. The fraction of sp³-hybridized carbons (Fsp3) is 0.222. The van der Waals surface area contributed by atoms with Crippen LogP contribution in [0.15, 0.2) is 53.9 Å². The summed E-state index contributed by atoms with van der Waals surface area (Å²) < 4.78 is 16.7. The smallest absolute Gasteiger partial charge is 0.239 e. The molecule has 0 spiro atoms. The van der Waals surface area contributed by atoms with E-state index in [4.69, 9.17) is 0 Å². The minimum Gasteiger partial charge on any atom is -0.284 e. The van der Waals surface area contributed by atoms with E-state index in [1.165, 1.54) is 23.9 Å². The van der Waals surface area contributed by atoms with Gasteiger partial charge >= 0.3 is 0 Å². The van der Waals surface area contributed by atoms with Gasteiger partial charge in [-0.2, -0.15) is 10.2 Å². The van der Waals surface area contributed by atoms with Crippen molar-refractivity contribution in [3.05, 3.63) is 66.0 Å². The predicted octanol–water partition coefficient (Wildman–Crippen LogP) is 2.57. The summed E-state index contributed by atoms with van der Waals surface area (Å²) in [6.07, 6.45) is 5.12. The molecule has 1 saturated heterocycles. The maximum absolute atomic E-state index is 13.3. The highest BCUT2D eigenvalue weighted by molar-refractivity contribution is 8.15. The van der Waals surface area contributed by atoms with Crippen molar-refractivity contribution in [2.45, 2.75) is 13.1 Å². The number of rotatable bonds is 5. The lowest BCUT2D eigenvalue weighted by molar-refractivity contribution is -0.124. The van der Waals surface area contributed by atoms with Gasteiger partial charge < -0.3 is 0 Å². The van der Waals surface area contributed by atoms with Gasteiger partial charge in [0.25, 0.3) is 0 Å². The predicted molar refractivity (Wildman–Crippen MR) is 101 cm³/mol. The van der Waals surface area contributed by atoms with E-state index in [-0.39, 0.29) is 11.7 Å². The SMILES string of the molecule is Cn1nccc1CN1C(=O)CSC1=Nc1cnn(Cc2cccc(F)c2)c1. The van der Waals surface area contributed by atoms with E-state index in [0.717, 1.165) is 11.3 Å². The highest BCUT2D eigenvalue weighted by Gasteiger charge is 2.29. The minimum absolute atomic E-state index is 0.0205. The van der Waals surface area contributed by atoms with E-state index < -0.39 is 0 Å². The first-order chi connectivity index (χ1) is 13.1. The van der Waals surface area contributed by atoms with Gasteiger partial charge in [-0.15, -0.1) is 0 Å². The van der Waals surface area contributed by atoms with E-state index >= 15 is 0 Å². The van der Waals surface area contributed by atoms with Crippen LogP contribution in [0.5, 0.6) is 0 Å². The van der Waals surface area contributed by atoms with Gasteiger partial charge in [0.15, 0.2) is 5.17 Å². The number of aromatic nitrogens is 4. The molecule has 4 rings (SSSR count). The van der Waals surface area contributed by atoms with Gasteiger partial charge in [-0.3, -0.25) is 19.1 Å². The van der Waals surface area contributed by atoms with Crippen LogP contribution < -0.4 is 0 Å². The molecule has 9 heteroatoms. The molecule has 7 nitrogen and oxygen atoms in total. The molecule has 138 valence electrons. The lowest BCUT2D eigenvalue weighted by Gasteiger charge is -2.15. The average molecular weight is 384 g/mol. The third-order valence-electron chi connectivity index (χ3n) is 4.18. The van der Waals surface area contributed by atoms with Gasteiger partial charge in [-0.05, 0) is 23.8 Å². The maximum atomic E-state index is 13.3. The molecular formula is C18H17FN6OS. The molecule has 0 atom stereocenters. The van der Waals surface area contributed by atoms with E-state index in [9.17, 15) is 9.18 Å². The molecule has 1 aliphatic rings. The first-order valence-corrected chi connectivity index (χ1v) is 9.33. The van der Waals surface area contributed by atoms with Crippen LogP contribution in [-0.4, -0.2) is 41.3 Å². The quantitative estimate of drug-likeness (QED) is 0.678. The topological polar surface area (TPSA) is 68.3 Å². The van der Waals surface area contributed by atoms with Crippen LogP contribution in [0, 0.1) is 5.82 Å². The zero-order chi connectivity index (χ0) is 18.8. The fourth-order valence-corrected chi connectivity index (χ4v) is 3.69. The van der Waals surface area contributed by atoms with Crippen LogP contribution >= 0.6 is 11.8 Å². The van der Waals surface area contributed by atoms with Crippen molar-refractivity contribution >= 4 is 28.5 Å². The van der Waals surface area contributed by atoms with E-state index in [2.05, 4.69) is 15.2 Å². The number of amidine groups is 1. The summed E-state index contributed by atoms with van der Waals surface area (Å²) >= 11 is 1.41. The number of thioether (sulfide) groups is 1. The molecule has 0 N–H and O–H groups in total. The number of benzene rings is 1. The number of nitrogens with zero attached hydrogens (tertiary/aromatic N) is 6. The molecule has 3 aromatic rings. The Morgan fingerprint density at radius 3 is 2.93 bits per heavy atom. The van der Waals surface area contributed by atoms with Crippen molar-refractivity contribution in [3.63, 3.8) is 0 Å². The van der Waals surface area contributed by atoms with Crippen LogP contribution in [-0.2, 0) is 24.9 Å².